The molecule has 0 atom stereocenters. The van der Waals surface area contributed by atoms with Crippen molar-refractivity contribution in [1.29, 1.82) is 0 Å². The Kier molecular flexibility index (Phi) is 6.14. The fraction of sp³-hybridized carbons (Fsp3) is 0.158. The lowest BCUT2D eigenvalue weighted by Crippen LogP contribution is -2.14. The van der Waals surface area contributed by atoms with E-state index in [1.54, 1.807) is 38.5 Å². The molecule has 2 aromatic rings. The first kappa shape index (κ1) is 17.3. The second kappa shape index (κ2) is 8.53. The summed E-state index contributed by atoms with van der Waals surface area (Å²) in [7, 11) is 3.16. The first-order valence-electron chi connectivity index (χ1n) is 7.42. The van der Waals surface area contributed by atoms with Gasteiger partial charge in [0.25, 0.3) is 5.91 Å². The molecule has 0 fully saturated rings. The molecule has 5 nitrogen and oxygen atoms in total. The molecule has 0 spiro atoms. The maximum absolute atomic E-state index is 11.8. The van der Waals surface area contributed by atoms with Crippen LogP contribution in [-0.4, -0.2) is 26.3 Å². The van der Waals surface area contributed by atoms with Gasteiger partial charge in [0.2, 0.25) is 0 Å². The van der Waals surface area contributed by atoms with Gasteiger partial charge in [0.05, 0.1) is 20.4 Å². The molecule has 0 bridgehead atoms. The van der Waals surface area contributed by atoms with Crippen LogP contribution in [0.15, 0.2) is 53.6 Å². The highest BCUT2D eigenvalue weighted by atomic mass is 16.5. The van der Waals surface area contributed by atoms with Gasteiger partial charge >= 0.3 is 0 Å². The molecule has 124 valence electrons. The Bertz CT molecular complexity index is 750. The summed E-state index contributed by atoms with van der Waals surface area (Å²) < 4.78 is 10.4. The van der Waals surface area contributed by atoms with Crippen molar-refractivity contribution in [3.8, 4) is 11.5 Å². The fourth-order valence-corrected chi connectivity index (χ4v) is 1.99. The largest absolute Gasteiger partial charge is 0.497 e. The Balaban J connectivity index is 1.98. The second-order valence-corrected chi connectivity index (χ2v) is 5.09. The standard InChI is InChI=1S/C19H20N2O3/c1-14-4-6-15(7-5-14)8-11-19(22)21-20-13-16-12-17(23-2)9-10-18(16)24-3/h4-13H,1-3H3,(H,21,22). The number of ether oxygens (including phenoxy) is 2. The van der Waals surface area contributed by atoms with Crippen molar-refractivity contribution < 1.29 is 14.3 Å². The molecule has 0 aromatic heterocycles. The predicted octanol–water partition coefficient (Wildman–Crippen LogP) is 3.18. The fourth-order valence-electron chi connectivity index (χ4n) is 1.99. The Morgan fingerprint density at radius 2 is 1.83 bits per heavy atom. The summed E-state index contributed by atoms with van der Waals surface area (Å²) in [6, 6.07) is 13.2. The van der Waals surface area contributed by atoms with E-state index >= 15 is 0 Å². The molecule has 0 saturated heterocycles. The van der Waals surface area contributed by atoms with E-state index in [1.807, 2.05) is 31.2 Å². The quantitative estimate of drug-likeness (QED) is 0.504. The summed E-state index contributed by atoms with van der Waals surface area (Å²) in [6.45, 7) is 2.02. The molecule has 2 rings (SSSR count). The Morgan fingerprint density at radius 3 is 2.50 bits per heavy atom. The van der Waals surface area contributed by atoms with E-state index in [-0.39, 0.29) is 5.91 Å². The molecular weight excluding hydrogens is 304 g/mol. The number of hydrogen-bond donors (Lipinski definition) is 1. The lowest BCUT2D eigenvalue weighted by atomic mass is 10.1. The normalized spacial score (nSPS) is 11.0. The van der Waals surface area contributed by atoms with E-state index in [9.17, 15) is 4.79 Å². The third kappa shape index (κ3) is 4.98. The molecule has 0 aliphatic rings. The van der Waals surface area contributed by atoms with Gasteiger partial charge in [0, 0.05) is 11.6 Å². The second-order valence-electron chi connectivity index (χ2n) is 5.09. The average molecular weight is 324 g/mol. The number of hydrazone groups is 1. The molecule has 0 heterocycles. The summed E-state index contributed by atoms with van der Waals surface area (Å²) in [5.74, 6) is 1.01. The Morgan fingerprint density at radius 1 is 1.08 bits per heavy atom. The van der Waals surface area contributed by atoms with Crippen molar-refractivity contribution in [2.24, 2.45) is 5.10 Å². The SMILES string of the molecule is COc1ccc(OC)c(C=NNC(=O)C=Cc2ccc(C)cc2)c1. The van der Waals surface area contributed by atoms with Crippen molar-refractivity contribution in [1.82, 2.24) is 5.43 Å². The molecule has 5 heteroatoms. The molecule has 0 aliphatic heterocycles. The van der Waals surface area contributed by atoms with Crippen LogP contribution in [0.25, 0.3) is 6.08 Å². The maximum atomic E-state index is 11.8. The van der Waals surface area contributed by atoms with Crippen LogP contribution >= 0.6 is 0 Å². The van der Waals surface area contributed by atoms with Crippen LogP contribution in [0.1, 0.15) is 16.7 Å². The molecule has 0 unspecified atom stereocenters. The molecular formula is C19H20N2O3. The van der Waals surface area contributed by atoms with Gasteiger partial charge in [-0.2, -0.15) is 5.10 Å². The monoisotopic (exact) mass is 324 g/mol. The third-order valence-electron chi connectivity index (χ3n) is 3.32. The van der Waals surface area contributed by atoms with Gasteiger partial charge in [-0.25, -0.2) is 5.43 Å². The van der Waals surface area contributed by atoms with E-state index in [1.165, 1.54) is 17.9 Å². The van der Waals surface area contributed by atoms with Crippen LogP contribution in [-0.2, 0) is 4.79 Å². The van der Waals surface area contributed by atoms with Crippen molar-refractivity contribution in [2.75, 3.05) is 14.2 Å². The number of benzene rings is 2. The van der Waals surface area contributed by atoms with E-state index in [0.717, 1.165) is 5.56 Å². The van der Waals surface area contributed by atoms with Crippen LogP contribution in [0.2, 0.25) is 0 Å². The number of hydrogen-bond acceptors (Lipinski definition) is 4. The van der Waals surface area contributed by atoms with Crippen molar-refractivity contribution in [3.05, 3.63) is 65.2 Å². The zero-order valence-electron chi connectivity index (χ0n) is 13.9. The molecule has 0 saturated carbocycles. The molecule has 1 amide bonds. The number of carbonyl (C=O) groups is 1. The van der Waals surface area contributed by atoms with E-state index in [4.69, 9.17) is 9.47 Å². The summed E-state index contributed by atoms with van der Waals surface area (Å²) in [6.07, 6.45) is 4.68. The lowest BCUT2D eigenvalue weighted by molar-refractivity contribution is -0.116. The zero-order valence-corrected chi connectivity index (χ0v) is 13.9. The van der Waals surface area contributed by atoms with Crippen LogP contribution in [0.4, 0.5) is 0 Å². The number of carbonyl (C=O) groups excluding carboxylic acids is 1. The van der Waals surface area contributed by atoms with Gasteiger partial charge < -0.3 is 9.47 Å². The van der Waals surface area contributed by atoms with E-state index < -0.39 is 0 Å². The topological polar surface area (TPSA) is 59.9 Å². The van der Waals surface area contributed by atoms with Gasteiger partial charge in [0.15, 0.2) is 0 Å². The minimum absolute atomic E-state index is 0.311. The van der Waals surface area contributed by atoms with Crippen molar-refractivity contribution in [3.63, 3.8) is 0 Å². The molecule has 0 radical (unpaired) electrons. The molecule has 0 aliphatic carbocycles. The highest BCUT2D eigenvalue weighted by molar-refractivity contribution is 5.93. The zero-order chi connectivity index (χ0) is 17.4. The average Bonchev–Trinajstić information content (AvgIpc) is 2.61. The molecule has 1 N–H and O–H groups in total. The highest BCUT2D eigenvalue weighted by Crippen LogP contribution is 2.22. The van der Waals surface area contributed by atoms with Crippen LogP contribution in [0.3, 0.4) is 0 Å². The van der Waals surface area contributed by atoms with Gasteiger partial charge in [0.1, 0.15) is 11.5 Å². The van der Waals surface area contributed by atoms with Crippen molar-refractivity contribution >= 4 is 18.2 Å². The minimum Gasteiger partial charge on any atom is -0.497 e. The van der Waals surface area contributed by atoms with Crippen LogP contribution < -0.4 is 14.9 Å². The Labute approximate surface area is 141 Å². The van der Waals surface area contributed by atoms with Gasteiger partial charge in [-0.1, -0.05) is 29.8 Å². The highest BCUT2D eigenvalue weighted by Gasteiger charge is 2.02. The summed E-state index contributed by atoms with van der Waals surface area (Å²) in [5, 5.41) is 3.94. The van der Waals surface area contributed by atoms with Gasteiger partial charge in [-0.05, 0) is 36.8 Å². The first-order valence-corrected chi connectivity index (χ1v) is 7.42. The van der Waals surface area contributed by atoms with Crippen molar-refractivity contribution in [2.45, 2.75) is 6.92 Å². The predicted molar refractivity (Wildman–Crippen MR) is 95.5 cm³/mol. The van der Waals surface area contributed by atoms with E-state index in [2.05, 4.69) is 10.5 Å². The van der Waals surface area contributed by atoms with Gasteiger partial charge in [-0.3, -0.25) is 4.79 Å². The molecule has 2 aromatic carbocycles. The Hall–Kier alpha value is -3.08. The number of methoxy groups -OCH3 is 2. The summed E-state index contributed by atoms with van der Waals surface area (Å²) >= 11 is 0. The number of nitrogens with zero attached hydrogens (tertiary/aromatic N) is 1. The van der Waals surface area contributed by atoms with Crippen LogP contribution in [0, 0.1) is 6.92 Å². The third-order valence-corrected chi connectivity index (χ3v) is 3.32. The van der Waals surface area contributed by atoms with Gasteiger partial charge in [-0.15, -0.1) is 0 Å². The first-order chi connectivity index (χ1) is 11.6. The minimum atomic E-state index is -0.311. The summed E-state index contributed by atoms with van der Waals surface area (Å²) in [5.41, 5.74) is 5.28. The summed E-state index contributed by atoms with van der Waals surface area (Å²) in [4.78, 5) is 11.8. The smallest absolute Gasteiger partial charge is 0.264 e. The lowest BCUT2D eigenvalue weighted by Gasteiger charge is -2.06. The molecule has 24 heavy (non-hydrogen) atoms. The number of aryl methyl sites for hydroxylation is 1. The number of nitrogens with one attached hydrogen (secondary N) is 1. The van der Waals surface area contributed by atoms with Crippen LogP contribution in [0.5, 0.6) is 11.5 Å². The maximum Gasteiger partial charge on any atom is 0.264 e. The van der Waals surface area contributed by atoms with E-state index in [0.29, 0.717) is 17.1 Å². The number of amides is 1. The number of rotatable bonds is 6.